The third kappa shape index (κ3) is 5.30. The summed E-state index contributed by atoms with van der Waals surface area (Å²) in [4.78, 5) is 16.0. The Labute approximate surface area is 157 Å². The summed E-state index contributed by atoms with van der Waals surface area (Å²) in [6.07, 6.45) is -4.37. The molecule has 0 radical (unpaired) electrons. The smallest absolute Gasteiger partial charge is 0.416 e. The predicted molar refractivity (Wildman–Crippen MR) is 94.3 cm³/mol. The topological polar surface area (TPSA) is 48.4 Å². The quantitative estimate of drug-likeness (QED) is 0.556. The van der Waals surface area contributed by atoms with Crippen molar-refractivity contribution in [2.75, 3.05) is 6.61 Å². The van der Waals surface area contributed by atoms with Crippen molar-refractivity contribution in [3.63, 3.8) is 0 Å². The number of benzene rings is 2. The van der Waals surface area contributed by atoms with E-state index >= 15 is 0 Å². The van der Waals surface area contributed by atoms with Gasteiger partial charge in [0, 0.05) is 10.9 Å². The van der Waals surface area contributed by atoms with E-state index in [1.807, 2.05) is 6.07 Å². The highest BCUT2D eigenvalue weighted by Gasteiger charge is 2.30. The molecule has 0 unspecified atom stereocenters. The molecule has 8 heteroatoms. The number of esters is 1. The van der Waals surface area contributed by atoms with E-state index in [2.05, 4.69) is 4.98 Å². The van der Waals surface area contributed by atoms with Gasteiger partial charge in [-0.1, -0.05) is 30.3 Å². The molecule has 3 rings (SSSR count). The van der Waals surface area contributed by atoms with Gasteiger partial charge in [-0.25, -0.2) is 9.78 Å². The molecule has 1 aromatic heterocycles. The summed E-state index contributed by atoms with van der Waals surface area (Å²) in [5.74, 6) is 0.0237. The second kappa shape index (κ2) is 8.22. The van der Waals surface area contributed by atoms with E-state index in [-0.39, 0.29) is 13.2 Å². The van der Waals surface area contributed by atoms with Crippen LogP contribution in [0.1, 0.15) is 11.3 Å². The Bertz CT molecular complexity index is 893. The summed E-state index contributed by atoms with van der Waals surface area (Å²) in [5, 5.41) is 2.24. The average molecular weight is 393 g/mol. The molecule has 27 heavy (non-hydrogen) atoms. The molecule has 3 aromatic rings. The summed E-state index contributed by atoms with van der Waals surface area (Å²) in [6.45, 7) is -0.256. The van der Waals surface area contributed by atoms with Gasteiger partial charge in [0.15, 0.2) is 6.61 Å². The fourth-order valence-electron chi connectivity index (χ4n) is 2.16. The zero-order valence-electron chi connectivity index (χ0n) is 13.9. The Balaban J connectivity index is 1.52. The van der Waals surface area contributed by atoms with Crippen molar-refractivity contribution in [3.05, 3.63) is 71.2 Å². The van der Waals surface area contributed by atoms with E-state index in [1.165, 1.54) is 23.5 Å². The zero-order chi connectivity index (χ0) is 19.3. The standard InChI is InChI=1S/C19H14F3NO3S/c20-19(21,22)14-8-6-13(7-9-14)18-23-15(12-27-18)10-26-17(24)11-25-16-4-2-1-3-5-16/h1-9,12H,10-11H2. The summed E-state index contributed by atoms with van der Waals surface area (Å²) < 4.78 is 48.2. The van der Waals surface area contributed by atoms with Crippen LogP contribution in [0.3, 0.4) is 0 Å². The number of ether oxygens (including phenoxy) is 2. The van der Waals surface area contributed by atoms with Crippen LogP contribution < -0.4 is 4.74 Å². The Morgan fingerprint density at radius 2 is 1.74 bits per heavy atom. The normalized spacial score (nSPS) is 11.2. The predicted octanol–water partition coefficient (Wildman–Crippen LogP) is 4.95. The molecule has 0 aliphatic heterocycles. The number of nitrogens with zero attached hydrogens (tertiary/aromatic N) is 1. The molecule has 0 aliphatic carbocycles. The number of carbonyl (C=O) groups excluding carboxylic acids is 1. The van der Waals surface area contributed by atoms with E-state index < -0.39 is 17.7 Å². The molecule has 140 valence electrons. The van der Waals surface area contributed by atoms with Crippen molar-refractivity contribution in [1.82, 2.24) is 4.98 Å². The van der Waals surface area contributed by atoms with E-state index in [1.54, 1.807) is 29.6 Å². The van der Waals surface area contributed by atoms with Gasteiger partial charge in [-0.2, -0.15) is 13.2 Å². The molecule has 2 aromatic carbocycles. The maximum absolute atomic E-state index is 12.6. The first-order valence-corrected chi connectivity index (χ1v) is 8.75. The van der Waals surface area contributed by atoms with Crippen LogP contribution in [0.5, 0.6) is 5.75 Å². The van der Waals surface area contributed by atoms with E-state index in [4.69, 9.17) is 9.47 Å². The van der Waals surface area contributed by atoms with Crippen molar-refractivity contribution in [1.29, 1.82) is 0 Å². The molecule has 0 N–H and O–H groups in total. The van der Waals surface area contributed by atoms with Crippen LogP contribution in [0.25, 0.3) is 10.6 Å². The lowest BCUT2D eigenvalue weighted by Gasteiger charge is -2.06. The molecule has 0 amide bonds. The molecule has 0 saturated carbocycles. The van der Waals surface area contributed by atoms with Crippen molar-refractivity contribution in [2.45, 2.75) is 12.8 Å². The molecular formula is C19H14F3NO3S. The molecule has 0 aliphatic rings. The van der Waals surface area contributed by atoms with Crippen LogP contribution in [-0.2, 0) is 22.3 Å². The van der Waals surface area contributed by atoms with Crippen LogP contribution in [0.2, 0.25) is 0 Å². The van der Waals surface area contributed by atoms with E-state index in [0.717, 1.165) is 12.1 Å². The molecule has 0 fully saturated rings. The average Bonchev–Trinajstić information content (AvgIpc) is 3.14. The van der Waals surface area contributed by atoms with Crippen molar-refractivity contribution < 1.29 is 27.4 Å². The lowest BCUT2D eigenvalue weighted by atomic mass is 10.1. The van der Waals surface area contributed by atoms with Gasteiger partial charge in [-0.05, 0) is 24.3 Å². The number of aromatic nitrogens is 1. The third-order valence-electron chi connectivity index (χ3n) is 3.49. The van der Waals surface area contributed by atoms with Gasteiger partial charge in [0.05, 0.1) is 11.3 Å². The first kappa shape index (κ1) is 18.9. The first-order chi connectivity index (χ1) is 12.9. The van der Waals surface area contributed by atoms with Crippen molar-refractivity contribution in [2.24, 2.45) is 0 Å². The second-order valence-electron chi connectivity index (χ2n) is 5.48. The Kier molecular flexibility index (Phi) is 5.75. The van der Waals surface area contributed by atoms with Gasteiger partial charge < -0.3 is 9.47 Å². The summed E-state index contributed by atoms with van der Waals surface area (Å²) in [5.41, 5.74) is 0.372. The minimum Gasteiger partial charge on any atom is -0.482 e. The number of thiazole rings is 1. The second-order valence-corrected chi connectivity index (χ2v) is 6.34. The summed E-state index contributed by atoms with van der Waals surface area (Å²) >= 11 is 1.26. The summed E-state index contributed by atoms with van der Waals surface area (Å²) in [7, 11) is 0. The van der Waals surface area contributed by atoms with Gasteiger partial charge in [0.2, 0.25) is 0 Å². The molecular weight excluding hydrogens is 379 g/mol. The molecule has 0 atom stereocenters. The molecule has 0 saturated heterocycles. The highest BCUT2D eigenvalue weighted by atomic mass is 32.1. The van der Waals surface area contributed by atoms with Crippen LogP contribution >= 0.6 is 11.3 Å². The molecule has 4 nitrogen and oxygen atoms in total. The number of alkyl halides is 3. The van der Waals surface area contributed by atoms with Crippen LogP contribution in [-0.4, -0.2) is 17.6 Å². The Hall–Kier alpha value is -2.87. The zero-order valence-corrected chi connectivity index (χ0v) is 14.7. The van der Waals surface area contributed by atoms with Crippen molar-refractivity contribution >= 4 is 17.3 Å². The van der Waals surface area contributed by atoms with Gasteiger partial charge in [-0.3, -0.25) is 0 Å². The van der Waals surface area contributed by atoms with E-state index in [0.29, 0.717) is 22.0 Å². The Morgan fingerprint density at radius 1 is 1.04 bits per heavy atom. The van der Waals surface area contributed by atoms with Gasteiger partial charge in [0.1, 0.15) is 17.4 Å². The number of hydrogen-bond donors (Lipinski definition) is 0. The fourth-order valence-corrected chi connectivity index (χ4v) is 2.97. The van der Waals surface area contributed by atoms with Gasteiger partial charge >= 0.3 is 12.1 Å². The molecule has 1 heterocycles. The lowest BCUT2D eigenvalue weighted by molar-refractivity contribution is -0.147. The number of rotatable bonds is 6. The number of halogens is 3. The maximum atomic E-state index is 12.6. The highest BCUT2D eigenvalue weighted by molar-refractivity contribution is 7.13. The largest absolute Gasteiger partial charge is 0.482 e. The number of hydrogen-bond acceptors (Lipinski definition) is 5. The minimum atomic E-state index is -4.37. The lowest BCUT2D eigenvalue weighted by Crippen LogP contribution is -2.14. The fraction of sp³-hybridized carbons (Fsp3) is 0.158. The summed E-state index contributed by atoms with van der Waals surface area (Å²) in [6, 6.07) is 13.6. The maximum Gasteiger partial charge on any atom is 0.416 e. The number of para-hydroxylation sites is 1. The monoisotopic (exact) mass is 393 g/mol. The third-order valence-corrected chi connectivity index (χ3v) is 4.43. The van der Waals surface area contributed by atoms with E-state index in [9.17, 15) is 18.0 Å². The van der Waals surface area contributed by atoms with Crippen LogP contribution in [0, 0.1) is 0 Å². The first-order valence-electron chi connectivity index (χ1n) is 7.87. The molecule has 0 spiro atoms. The Morgan fingerprint density at radius 3 is 2.41 bits per heavy atom. The van der Waals surface area contributed by atoms with Crippen molar-refractivity contribution in [3.8, 4) is 16.3 Å². The van der Waals surface area contributed by atoms with Crippen LogP contribution in [0.4, 0.5) is 13.2 Å². The SMILES string of the molecule is O=C(COc1ccccc1)OCc1csc(-c2ccc(C(F)(F)F)cc2)n1. The number of carbonyl (C=O) groups is 1. The van der Waals surface area contributed by atoms with Gasteiger partial charge in [-0.15, -0.1) is 11.3 Å². The molecule has 0 bridgehead atoms. The van der Waals surface area contributed by atoms with Gasteiger partial charge in [0.25, 0.3) is 0 Å². The van der Waals surface area contributed by atoms with Crippen LogP contribution in [0.15, 0.2) is 60.0 Å². The minimum absolute atomic E-state index is 0.0336. The highest BCUT2D eigenvalue weighted by Crippen LogP contribution is 2.31.